The molecule has 2 aromatic carbocycles. The van der Waals surface area contributed by atoms with Crippen LogP contribution in [0.25, 0.3) is 0 Å². The van der Waals surface area contributed by atoms with Crippen LogP contribution in [-0.4, -0.2) is 6.61 Å². The topological polar surface area (TPSA) is 44.5 Å². The van der Waals surface area contributed by atoms with Crippen molar-refractivity contribution in [2.45, 2.75) is 26.8 Å². The number of hydrogen-bond donors (Lipinski definition) is 1. The van der Waals surface area contributed by atoms with Crippen LogP contribution in [0.4, 0.5) is 0 Å². The van der Waals surface area contributed by atoms with Crippen LogP contribution in [0.3, 0.4) is 0 Å². The van der Waals surface area contributed by atoms with Crippen molar-refractivity contribution in [2.75, 3.05) is 6.61 Å². The molecule has 0 amide bonds. The first-order valence-corrected chi connectivity index (χ1v) is 6.94. The molecule has 0 aromatic heterocycles. The maximum absolute atomic E-state index is 6.00. The predicted octanol–water partition coefficient (Wildman–Crippen LogP) is 4.03. The van der Waals surface area contributed by atoms with Gasteiger partial charge in [-0.1, -0.05) is 31.2 Å². The average Bonchev–Trinajstić information content (AvgIpc) is 2.47. The van der Waals surface area contributed by atoms with Gasteiger partial charge in [0.05, 0.1) is 6.61 Å². The Hall–Kier alpha value is -2.00. The summed E-state index contributed by atoms with van der Waals surface area (Å²) in [6, 6.07) is 13.7. The van der Waals surface area contributed by atoms with Crippen molar-refractivity contribution in [3.63, 3.8) is 0 Å². The summed E-state index contributed by atoms with van der Waals surface area (Å²) in [6.45, 7) is 5.24. The molecule has 0 unspecified atom stereocenters. The summed E-state index contributed by atoms with van der Waals surface area (Å²) in [4.78, 5) is 0. The number of benzene rings is 2. The van der Waals surface area contributed by atoms with Crippen LogP contribution in [0.5, 0.6) is 17.2 Å². The van der Waals surface area contributed by atoms with Gasteiger partial charge in [-0.15, -0.1) is 0 Å². The van der Waals surface area contributed by atoms with Crippen LogP contribution >= 0.6 is 0 Å². The molecule has 0 aliphatic heterocycles. The molecule has 3 heteroatoms. The van der Waals surface area contributed by atoms with Gasteiger partial charge in [-0.05, 0) is 37.1 Å². The fourth-order valence-electron chi connectivity index (χ4n) is 1.91. The summed E-state index contributed by atoms with van der Waals surface area (Å²) in [7, 11) is 0. The standard InChI is InChI=1S/C17H21NO2/c1-3-10-19-15-6-4-5-7-16(15)20-17-11-13(2)8-9-14(17)12-18/h4-9,11H,3,10,12,18H2,1-2H3. The smallest absolute Gasteiger partial charge is 0.169 e. The predicted molar refractivity (Wildman–Crippen MR) is 81.4 cm³/mol. The second-order valence-electron chi connectivity index (χ2n) is 4.71. The number of hydrogen-bond acceptors (Lipinski definition) is 3. The Balaban J connectivity index is 2.27. The van der Waals surface area contributed by atoms with E-state index in [2.05, 4.69) is 6.92 Å². The van der Waals surface area contributed by atoms with Gasteiger partial charge in [-0.3, -0.25) is 0 Å². The Bertz CT molecular complexity index is 567. The van der Waals surface area contributed by atoms with Crippen molar-refractivity contribution in [2.24, 2.45) is 5.73 Å². The Morgan fingerprint density at radius 2 is 1.75 bits per heavy atom. The lowest BCUT2D eigenvalue weighted by atomic mass is 10.1. The van der Waals surface area contributed by atoms with E-state index in [1.54, 1.807) is 0 Å². The molecule has 0 saturated heterocycles. The minimum Gasteiger partial charge on any atom is -0.490 e. The van der Waals surface area contributed by atoms with E-state index in [9.17, 15) is 0 Å². The molecule has 0 aliphatic carbocycles. The molecule has 0 radical (unpaired) electrons. The zero-order chi connectivity index (χ0) is 14.4. The van der Waals surface area contributed by atoms with E-state index in [-0.39, 0.29) is 0 Å². The quantitative estimate of drug-likeness (QED) is 0.862. The Morgan fingerprint density at radius 3 is 2.45 bits per heavy atom. The van der Waals surface area contributed by atoms with Crippen LogP contribution in [0, 0.1) is 6.92 Å². The van der Waals surface area contributed by atoms with Gasteiger partial charge >= 0.3 is 0 Å². The highest BCUT2D eigenvalue weighted by molar-refractivity contribution is 5.45. The van der Waals surface area contributed by atoms with Gasteiger partial charge < -0.3 is 15.2 Å². The van der Waals surface area contributed by atoms with Gasteiger partial charge in [-0.2, -0.15) is 0 Å². The van der Waals surface area contributed by atoms with Gasteiger partial charge in [0.15, 0.2) is 11.5 Å². The first-order chi connectivity index (χ1) is 9.74. The third-order valence-electron chi connectivity index (χ3n) is 2.97. The molecule has 0 aliphatic rings. The van der Waals surface area contributed by atoms with E-state index in [0.29, 0.717) is 13.2 Å². The lowest BCUT2D eigenvalue weighted by Gasteiger charge is -2.14. The van der Waals surface area contributed by atoms with E-state index < -0.39 is 0 Å². The molecule has 2 rings (SSSR count). The van der Waals surface area contributed by atoms with Crippen molar-refractivity contribution in [1.29, 1.82) is 0 Å². The third-order valence-corrected chi connectivity index (χ3v) is 2.97. The highest BCUT2D eigenvalue weighted by Gasteiger charge is 2.08. The Labute approximate surface area is 120 Å². The minimum absolute atomic E-state index is 0.452. The molecule has 106 valence electrons. The van der Waals surface area contributed by atoms with E-state index in [0.717, 1.165) is 34.8 Å². The van der Waals surface area contributed by atoms with Crippen LogP contribution in [0.2, 0.25) is 0 Å². The van der Waals surface area contributed by atoms with Crippen molar-refractivity contribution >= 4 is 0 Å². The number of aryl methyl sites for hydroxylation is 1. The van der Waals surface area contributed by atoms with Gasteiger partial charge in [0.2, 0.25) is 0 Å². The van der Waals surface area contributed by atoms with Crippen LogP contribution < -0.4 is 15.2 Å². The Morgan fingerprint density at radius 1 is 1.00 bits per heavy atom. The SMILES string of the molecule is CCCOc1ccccc1Oc1cc(C)ccc1CN. The van der Waals surface area contributed by atoms with Gasteiger partial charge in [0.1, 0.15) is 5.75 Å². The van der Waals surface area contributed by atoms with E-state index >= 15 is 0 Å². The first kappa shape index (κ1) is 14.4. The third kappa shape index (κ3) is 3.52. The molecule has 2 aromatic rings. The van der Waals surface area contributed by atoms with Gasteiger partial charge in [-0.25, -0.2) is 0 Å². The molecule has 0 atom stereocenters. The van der Waals surface area contributed by atoms with Crippen molar-refractivity contribution in [3.8, 4) is 17.2 Å². The van der Waals surface area contributed by atoms with Crippen molar-refractivity contribution < 1.29 is 9.47 Å². The van der Waals surface area contributed by atoms with Crippen LogP contribution in [0.15, 0.2) is 42.5 Å². The molecular formula is C17H21NO2. The van der Waals surface area contributed by atoms with Crippen molar-refractivity contribution in [3.05, 3.63) is 53.6 Å². The van der Waals surface area contributed by atoms with E-state index in [1.165, 1.54) is 0 Å². The molecule has 0 heterocycles. The lowest BCUT2D eigenvalue weighted by molar-refractivity contribution is 0.302. The maximum Gasteiger partial charge on any atom is 0.169 e. The molecule has 3 nitrogen and oxygen atoms in total. The summed E-state index contributed by atoms with van der Waals surface area (Å²) in [6.07, 6.45) is 0.965. The van der Waals surface area contributed by atoms with Gasteiger partial charge in [0.25, 0.3) is 0 Å². The zero-order valence-electron chi connectivity index (χ0n) is 12.1. The summed E-state index contributed by atoms with van der Waals surface area (Å²) in [5, 5.41) is 0. The fourth-order valence-corrected chi connectivity index (χ4v) is 1.91. The van der Waals surface area contributed by atoms with Crippen LogP contribution in [0.1, 0.15) is 24.5 Å². The highest BCUT2D eigenvalue weighted by Crippen LogP contribution is 2.33. The molecule has 20 heavy (non-hydrogen) atoms. The maximum atomic E-state index is 6.00. The zero-order valence-corrected chi connectivity index (χ0v) is 12.1. The molecular weight excluding hydrogens is 250 g/mol. The normalized spacial score (nSPS) is 10.3. The minimum atomic E-state index is 0.452. The molecule has 0 fully saturated rings. The van der Waals surface area contributed by atoms with Gasteiger partial charge in [0, 0.05) is 12.1 Å². The second kappa shape index (κ2) is 6.96. The number of para-hydroxylation sites is 2. The Kier molecular flexibility index (Phi) is 5.02. The van der Waals surface area contributed by atoms with Crippen molar-refractivity contribution in [1.82, 2.24) is 0 Å². The fraction of sp³-hybridized carbons (Fsp3) is 0.294. The summed E-state index contributed by atoms with van der Waals surface area (Å²) < 4.78 is 11.7. The molecule has 0 spiro atoms. The monoisotopic (exact) mass is 271 g/mol. The number of nitrogens with two attached hydrogens (primary N) is 1. The lowest BCUT2D eigenvalue weighted by Crippen LogP contribution is -2.01. The average molecular weight is 271 g/mol. The summed E-state index contributed by atoms with van der Waals surface area (Å²) >= 11 is 0. The number of rotatable bonds is 6. The summed E-state index contributed by atoms with van der Waals surface area (Å²) in [5.41, 5.74) is 7.89. The van der Waals surface area contributed by atoms with E-state index in [1.807, 2.05) is 49.4 Å². The largest absolute Gasteiger partial charge is 0.490 e. The van der Waals surface area contributed by atoms with Crippen LogP contribution in [-0.2, 0) is 6.54 Å². The van der Waals surface area contributed by atoms with E-state index in [4.69, 9.17) is 15.2 Å². The number of ether oxygens (including phenoxy) is 2. The highest BCUT2D eigenvalue weighted by atomic mass is 16.5. The molecule has 0 bridgehead atoms. The second-order valence-corrected chi connectivity index (χ2v) is 4.71. The summed E-state index contributed by atoms with van der Waals surface area (Å²) in [5.74, 6) is 2.28. The first-order valence-electron chi connectivity index (χ1n) is 6.94. The molecule has 0 saturated carbocycles. The molecule has 2 N–H and O–H groups in total.